The van der Waals surface area contributed by atoms with Crippen molar-refractivity contribution in [3.63, 3.8) is 0 Å². The maximum atomic E-state index is 10.8. The maximum absolute atomic E-state index is 10.8. The Labute approximate surface area is 107 Å². The fourth-order valence-electron chi connectivity index (χ4n) is 1.62. The van der Waals surface area contributed by atoms with Gasteiger partial charge in [0.2, 0.25) is 0 Å². The third-order valence-corrected chi connectivity index (χ3v) is 2.70. The summed E-state index contributed by atoms with van der Waals surface area (Å²) in [7, 11) is 1.67. The van der Waals surface area contributed by atoms with Crippen molar-refractivity contribution < 1.29 is 14.6 Å². The SMILES string of the molecule is COCCN(Cc1cccc(C(=O)O)n1)C(C)C. The number of hydrogen-bond acceptors (Lipinski definition) is 4. The van der Waals surface area contributed by atoms with E-state index < -0.39 is 5.97 Å². The number of ether oxygens (including phenoxy) is 1. The van der Waals surface area contributed by atoms with Crippen LogP contribution in [-0.2, 0) is 11.3 Å². The van der Waals surface area contributed by atoms with E-state index >= 15 is 0 Å². The van der Waals surface area contributed by atoms with Crippen LogP contribution in [0.5, 0.6) is 0 Å². The lowest BCUT2D eigenvalue weighted by Crippen LogP contribution is -2.33. The van der Waals surface area contributed by atoms with E-state index in [2.05, 4.69) is 23.7 Å². The molecule has 1 rings (SSSR count). The molecule has 18 heavy (non-hydrogen) atoms. The number of pyridine rings is 1. The molecular weight excluding hydrogens is 232 g/mol. The van der Waals surface area contributed by atoms with Crippen LogP contribution < -0.4 is 0 Å². The number of methoxy groups -OCH3 is 1. The van der Waals surface area contributed by atoms with Crippen LogP contribution in [0.2, 0.25) is 0 Å². The topological polar surface area (TPSA) is 62.7 Å². The van der Waals surface area contributed by atoms with Gasteiger partial charge >= 0.3 is 5.97 Å². The van der Waals surface area contributed by atoms with E-state index in [1.165, 1.54) is 6.07 Å². The van der Waals surface area contributed by atoms with Crippen LogP contribution in [0.1, 0.15) is 30.0 Å². The second-order valence-corrected chi connectivity index (χ2v) is 4.38. The molecular formula is C13H20N2O3. The fourth-order valence-corrected chi connectivity index (χ4v) is 1.62. The average molecular weight is 252 g/mol. The van der Waals surface area contributed by atoms with E-state index in [-0.39, 0.29) is 5.69 Å². The zero-order valence-corrected chi connectivity index (χ0v) is 11.1. The Kier molecular flexibility index (Phi) is 5.74. The highest BCUT2D eigenvalue weighted by Gasteiger charge is 2.12. The Morgan fingerprint density at radius 2 is 2.22 bits per heavy atom. The molecule has 0 aliphatic heterocycles. The molecule has 0 aliphatic carbocycles. The summed E-state index contributed by atoms with van der Waals surface area (Å²) in [6.45, 7) is 6.26. The molecule has 1 N–H and O–H groups in total. The van der Waals surface area contributed by atoms with Gasteiger partial charge in [0.1, 0.15) is 5.69 Å². The predicted octanol–water partition coefficient (Wildman–Crippen LogP) is 1.64. The Hall–Kier alpha value is -1.46. The van der Waals surface area contributed by atoms with Crippen LogP contribution in [0.4, 0.5) is 0 Å². The lowest BCUT2D eigenvalue weighted by Gasteiger charge is -2.25. The van der Waals surface area contributed by atoms with Crippen LogP contribution >= 0.6 is 0 Å². The van der Waals surface area contributed by atoms with Crippen molar-refractivity contribution in [1.29, 1.82) is 0 Å². The summed E-state index contributed by atoms with van der Waals surface area (Å²) < 4.78 is 5.07. The van der Waals surface area contributed by atoms with Gasteiger partial charge in [-0.15, -0.1) is 0 Å². The van der Waals surface area contributed by atoms with Gasteiger partial charge in [0.05, 0.1) is 12.3 Å². The lowest BCUT2D eigenvalue weighted by molar-refractivity contribution is 0.0689. The minimum atomic E-state index is -0.996. The molecule has 0 saturated heterocycles. The van der Waals surface area contributed by atoms with Gasteiger partial charge < -0.3 is 9.84 Å². The van der Waals surface area contributed by atoms with Crippen LogP contribution in [0.3, 0.4) is 0 Å². The van der Waals surface area contributed by atoms with Gasteiger partial charge in [-0.1, -0.05) is 6.07 Å². The first-order valence-corrected chi connectivity index (χ1v) is 5.96. The molecule has 5 heteroatoms. The summed E-state index contributed by atoms with van der Waals surface area (Å²) in [4.78, 5) is 17.2. The Balaban J connectivity index is 2.73. The second-order valence-electron chi connectivity index (χ2n) is 4.38. The van der Waals surface area contributed by atoms with Crippen molar-refractivity contribution in [3.05, 3.63) is 29.6 Å². The third kappa shape index (κ3) is 4.43. The maximum Gasteiger partial charge on any atom is 0.354 e. The highest BCUT2D eigenvalue weighted by molar-refractivity contribution is 5.85. The molecule has 0 fully saturated rings. The van der Waals surface area contributed by atoms with Gasteiger partial charge in [0.15, 0.2) is 0 Å². The normalized spacial score (nSPS) is 11.2. The van der Waals surface area contributed by atoms with Gasteiger partial charge in [-0.3, -0.25) is 4.90 Å². The highest BCUT2D eigenvalue weighted by atomic mass is 16.5. The third-order valence-electron chi connectivity index (χ3n) is 2.70. The van der Waals surface area contributed by atoms with E-state index in [1.807, 2.05) is 6.07 Å². The monoisotopic (exact) mass is 252 g/mol. The molecule has 0 saturated carbocycles. The number of aromatic nitrogens is 1. The molecule has 0 atom stereocenters. The zero-order chi connectivity index (χ0) is 13.5. The highest BCUT2D eigenvalue weighted by Crippen LogP contribution is 2.07. The summed E-state index contributed by atoms with van der Waals surface area (Å²) in [6.07, 6.45) is 0. The van der Waals surface area contributed by atoms with Crippen molar-refractivity contribution in [2.24, 2.45) is 0 Å². The van der Waals surface area contributed by atoms with Crippen molar-refractivity contribution in [3.8, 4) is 0 Å². The van der Waals surface area contributed by atoms with E-state index in [4.69, 9.17) is 9.84 Å². The summed E-state index contributed by atoms with van der Waals surface area (Å²) in [6, 6.07) is 5.42. The standard InChI is InChI=1S/C13H20N2O3/c1-10(2)15(7-8-18-3)9-11-5-4-6-12(14-11)13(16)17/h4-6,10H,7-9H2,1-3H3,(H,16,17). The molecule has 0 spiro atoms. The molecule has 100 valence electrons. The van der Waals surface area contributed by atoms with Crippen molar-refractivity contribution >= 4 is 5.97 Å². The van der Waals surface area contributed by atoms with E-state index in [9.17, 15) is 4.79 Å². The van der Waals surface area contributed by atoms with Crippen molar-refractivity contribution in [1.82, 2.24) is 9.88 Å². The van der Waals surface area contributed by atoms with E-state index in [0.29, 0.717) is 19.2 Å². The van der Waals surface area contributed by atoms with Gasteiger partial charge in [-0.25, -0.2) is 9.78 Å². The zero-order valence-electron chi connectivity index (χ0n) is 11.1. The van der Waals surface area contributed by atoms with Crippen LogP contribution in [0.25, 0.3) is 0 Å². The molecule has 0 amide bonds. The summed E-state index contributed by atoms with van der Waals surface area (Å²) in [5.41, 5.74) is 0.850. The van der Waals surface area contributed by atoms with Crippen LogP contribution in [0, 0.1) is 0 Å². The Morgan fingerprint density at radius 3 is 2.78 bits per heavy atom. The van der Waals surface area contributed by atoms with Gasteiger partial charge in [-0.05, 0) is 26.0 Å². The number of carboxylic acids is 1. The summed E-state index contributed by atoms with van der Waals surface area (Å²) in [5.74, 6) is -0.996. The second kappa shape index (κ2) is 7.08. The Morgan fingerprint density at radius 1 is 1.50 bits per heavy atom. The number of carboxylic acid groups (broad SMARTS) is 1. The van der Waals surface area contributed by atoms with Gasteiger partial charge in [-0.2, -0.15) is 0 Å². The number of hydrogen-bond donors (Lipinski definition) is 1. The van der Waals surface area contributed by atoms with E-state index in [0.717, 1.165) is 12.2 Å². The molecule has 0 radical (unpaired) electrons. The summed E-state index contributed by atoms with van der Waals surface area (Å²) >= 11 is 0. The quantitative estimate of drug-likeness (QED) is 0.799. The van der Waals surface area contributed by atoms with Gasteiger partial charge in [0, 0.05) is 26.2 Å². The molecule has 0 unspecified atom stereocenters. The molecule has 0 bridgehead atoms. The molecule has 1 aromatic rings. The molecule has 0 aliphatic rings. The Bertz CT molecular complexity index is 394. The number of rotatable bonds is 7. The van der Waals surface area contributed by atoms with Crippen molar-refractivity contribution in [2.75, 3.05) is 20.3 Å². The fraction of sp³-hybridized carbons (Fsp3) is 0.538. The van der Waals surface area contributed by atoms with Crippen LogP contribution in [0.15, 0.2) is 18.2 Å². The molecule has 0 aromatic carbocycles. The first-order valence-electron chi connectivity index (χ1n) is 5.96. The minimum absolute atomic E-state index is 0.0861. The number of aromatic carboxylic acids is 1. The molecule has 1 heterocycles. The first kappa shape index (κ1) is 14.6. The molecule has 1 aromatic heterocycles. The largest absolute Gasteiger partial charge is 0.477 e. The number of carbonyl (C=O) groups is 1. The summed E-state index contributed by atoms with van der Waals surface area (Å²) in [5, 5.41) is 8.90. The van der Waals surface area contributed by atoms with Gasteiger partial charge in [0.25, 0.3) is 0 Å². The minimum Gasteiger partial charge on any atom is -0.477 e. The lowest BCUT2D eigenvalue weighted by atomic mass is 10.2. The average Bonchev–Trinajstić information content (AvgIpc) is 2.34. The number of nitrogens with zero attached hydrogens (tertiary/aromatic N) is 2. The first-order chi connectivity index (χ1) is 8.54. The van der Waals surface area contributed by atoms with E-state index in [1.54, 1.807) is 13.2 Å². The predicted molar refractivity (Wildman–Crippen MR) is 68.6 cm³/mol. The van der Waals surface area contributed by atoms with Crippen LogP contribution in [-0.4, -0.2) is 47.3 Å². The van der Waals surface area contributed by atoms with Crippen molar-refractivity contribution in [2.45, 2.75) is 26.4 Å². The smallest absolute Gasteiger partial charge is 0.354 e. The molecule has 5 nitrogen and oxygen atoms in total.